The highest BCUT2D eigenvalue weighted by Gasteiger charge is 2.32. The number of rotatable bonds is 2. The second kappa shape index (κ2) is 5.88. The number of nitrogens with zero attached hydrogens (tertiary/aromatic N) is 2. The van der Waals surface area contributed by atoms with Gasteiger partial charge in [0.2, 0.25) is 0 Å². The minimum Gasteiger partial charge on any atom is -0.389 e. The third kappa shape index (κ3) is 2.74. The third-order valence-corrected chi connectivity index (χ3v) is 4.54. The highest BCUT2D eigenvalue weighted by molar-refractivity contribution is 5.93. The Morgan fingerprint density at radius 1 is 1.00 bits per heavy atom. The number of anilines is 1. The van der Waals surface area contributed by atoms with Crippen molar-refractivity contribution in [2.75, 3.05) is 18.0 Å². The van der Waals surface area contributed by atoms with Crippen molar-refractivity contribution in [1.82, 2.24) is 4.57 Å². The van der Waals surface area contributed by atoms with Crippen LogP contribution in [-0.4, -0.2) is 28.9 Å². The number of pyridine rings is 1. The van der Waals surface area contributed by atoms with Gasteiger partial charge in [0, 0.05) is 30.2 Å². The molecule has 4 rings (SSSR count). The van der Waals surface area contributed by atoms with Crippen molar-refractivity contribution >= 4 is 16.6 Å². The van der Waals surface area contributed by atoms with Crippen molar-refractivity contribution in [3.8, 4) is 5.69 Å². The maximum absolute atomic E-state index is 13.2. The van der Waals surface area contributed by atoms with Crippen LogP contribution in [0.25, 0.3) is 16.6 Å². The van der Waals surface area contributed by atoms with Gasteiger partial charge in [-0.05, 0) is 24.3 Å². The van der Waals surface area contributed by atoms with Crippen molar-refractivity contribution in [1.29, 1.82) is 0 Å². The van der Waals surface area contributed by atoms with Crippen molar-refractivity contribution < 1.29 is 18.3 Å². The number of halogens is 3. The van der Waals surface area contributed by atoms with Crippen LogP contribution < -0.4 is 10.5 Å². The molecule has 0 unspecified atom stereocenters. The van der Waals surface area contributed by atoms with Gasteiger partial charge < -0.3 is 10.0 Å². The predicted octanol–water partition coefficient (Wildman–Crippen LogP) is 3.19. The lowest BCUT2D eigenvalue weighted by molar-refractivity contribution is -0.137. The van der Waals surface area contributed by atoms with Gasteiger partial charge in [0.1, 0.15) is 0 Å². The molecular formula is C19H15F3N2O2. The Morgan fingerprint density at radius 2 is 1.69 bits per heavy atom. The second-order valence-corrected chi connectivity index (χ2v) is 6.33. The molecule has 2 heterocycles. The number of aromatic nitrogens is 1. The van der Waals surface area contributed by atoms with Gasteiger partial charge in [0.25, 0.3) is 5.56 Å². The summed E-state index contributed by atoms with van der Waals surface area (Å²) in [6.07, 6.45) is -5.00. The Balaban J connectivity index is 2.02. The molecule has 7 heteroatoms. The number of fused-ring (bicyclic) bond motifs is 1. The summed E-state index contributed by atoms with van der Waals surface area (Å²) in [4.78, 5) is 14.5. The van der Waals surface area contributed by atoms with Gasteiger partial charge >= 0.3 is 6.18 Å². The molecule has 3 aromatic rings. The fourth-order valence-corrected chi connectivity index (χ4v) is 3.24. The molecule has 1 aliphatic rings. The van der Waals surface area contributed by atoms with Crippen molar-refractivity contribution in [2.24, 2.45) is 0 Å². The zero-order valence-electron chi connectivity index (χ0n) is 13.6. The van der Waals surface area contributed by atoms with E-state index in [1.807, 2.05) is 0 Å². The maximum atomic E-state index is 13.2. The quantitative estimate of drug-likeness (QED) is 0.764. The first-order chi connectivity index (χ1) is 12.3. The first kappa shape index (κ1) is 16.7. The minimum atomic E-state index is -4.51. The highest BCUT2D eigenvalue weighted by Crippen LogP contribution is 2.35. The lowest BCUT2D eigenvalue weighted by Gasteiger charge is -2.38. The van der Waals surface area contributed by atoms with Crippen LogP contribution >= 0.6 is 0 Å². The van der Waals surface area contributed by atoms with Crippen LogP contribution in [0, 0.1) is 0 Å². The van der Waals surface area contributed by atoms with Crippen LogP contribution in [-0.2, 0) is 6.18 Å². The summed E-state index contributed by atoms with van der Waals surface area (Å²) in [6.45, 7) is 0.704. The molecule has 4 nitrogen and oxygen atoms in total. The van der Waals surface area contributed by atoms with E-state index in [0.29, 0.717) is 29.9 Å². The van der Waals surface area contributed by atoms with Gasteiger partial charge in [0.05, 0.1) is 22.9 Å². The van der Waals surface area contributed by atoms with E-state index in [1.54, 1.807) is 35.2 Å². The average molecular weight is 360 g/mol. The monoisotopic (exact) mass is 360 g/mol. The summed E-state index contributed by atoms with van der Waals surface area (Å²) in [6, 6.07) is 13.4. The SMILES string of the molecule is O=c1cc(N2CC(O)C2)c2ccc(C(F)(F)F)cc2n1-c1ccccc1. The Hall–Kier alpha value is -2.80. The number of β-amino-alcohol motifs (C(OH)–C–C–N with tert-alkyl or cyclic N) is 1. The molecule has 0 saturated carbocycles. The van der Waals surface area contributed by atoms with E-state index in [1.165, 1.54) is 16.7 Å². The third-order valence-electron chi connectivity index (χ3n) is 4.54. The van der Waals surface area contributed by atoms with Crippen LogP contribution in [0.2, 0.25) is 0 Å². The molecule has 0 amide bonds. The van der Waals surface area contributed by atoms with Crippen LogP contribution in [0.1, 0.15) is 5.56 Å². The lowest BCUT2D eigenvalue weighted by atomic mass is 10.0. The molecule has 26 heavy (non-hydrogen) atoms. The fraction of sp³-hybridized carbons (Fsp3) is 0.211. The molecule has 1 fully saturated rings. The van der Waals surface area contributed by atoms with E-state index in [-0.39, 0.29) is 5.52 Å². The molecule has 1 aromatic heterocycles. The molecule has 0 bridgehead atoms. The summed E-state index contributed by atoms with van der Waals surface area (Å²) < 4.78 is 40.9. The largest absolute Gasteiger partial charge is 0.416 e. The highest BCUT2D eigenvalue weighted by atomic mass is 19.4. The summed E-state index contributed by atoms with van der Waals surface area (Å²) in [5, 5.41) is 10.1. The first-order valence-corrected chi connectivity index (χ1v) is 8.10. The van der Waals surface area contributed by atoms with Crippen molar-refractivity contribution in [2.45, 2.75) is 12.3 Å². The Morgan fingerprint density at radius 3 is 2.31 bits per heavy atom. The topological polar surface area (TPSA) is 45.5 Å². The minimum absolute atomic E-state index is 0.190. The number of para-hydroxylation sites is 1. The number of benzene rings is 2. The van der Waals surface area contributed by atoms with E-state index in [4.69, 9.17) is 0 Å². The summed E-state index contributed by atoms with van der Waals surface area (Å²) >= 11 is 0. The van der Waals surface area contributed by atoms with E-state index >= 15 is 0 Å². The molecule has 1 saturated heterocycles. The summed E-state index contributed by atoms with van der Waals surface area (Å²) in [5.74, 6) is 0. The number of aliphatic hydroxyl groups is 1. The van der Waals surface area contributed by atoms with Gasteiger partial charge in [-0.15, -0.1) is 0 Å². The van der Waals surface area contributed by atoms with Crippen LogP contribution in [0.3, 0.4) is 0 Å². The Kier molecular flexibility index (Phi) is 3.77. The molecule has 2 aromatic carbocycles. The van der Waals surface area contributed by atoms with Gasteiger partial charge in [-0.1, -0.05) is 24.3 Å². The van der Waals surface area contributed by atoms with Gasteiger partial charge in [-0.3, -0.25) is 9.36 Å². The van der Waals surface area contributed by atoms with Gasteiger partial charge in [0.15, 0.2) is 0 Å². The second-order valence-electron chi connectivity index (χ2n) is 6.33. The van der Waals surface area contributed by atoms with Crippen molar-refractivity contribution in [3.05, 3.63) is 70.5 Å². The maximum Gasteiger partial charge on any atom is 0.416 e. The number of hydrogen-bond donors (Lipinski definition) is 1. The van der Waals surface area contributed by atoms with E-state index in [2.05, 4.69) is 0 Å². The molecule has 0 radical (unpaired) electrons. The van der Waals surface area contributed by atoms with Crippen LogP contribution in [0.15, 0.2) is 59.4 Å². The fourth-order valence-electron chi connectivity index (χ4n) is 3.24. The Bertz CT molecular complexity index is 1020. The molecule has 0 spiro atoms. The first-order valence-electron chi connectivity index (χ1n) is 8.10. The predicted molar refractivity (Wildman–Crippen MR) is 92.8 cm³/mol. The van der Waals surface area contributed by atoms with Gasteiger partial charge in [-0.25, -0.2) is 0 Å². The standard InChI is InChI=1S/C19H15F3N2O2/c20-19(21,22)12-6-7-15-16(23-10-14(25)11-23)9-18(26)24(17(15)8-12)13-4-2-1-3-5-13/h1-9,14,25H,10-11H2. The Labute approximate surface area is 146 Å². The molecular weight excluding hydrogens is 345 g/mol. The van der Waals surface area contributed by atoms with E-state index < -0.39 is 23.4 Å². The zero-order valence-corrected chi connectivity index (χ0v) is 13.6. The molecule has 0 aliphatic carbocycles. The van der Waals surface area contributed by atoms with Crippen LogP contribution in [0.4, 0.5) is 18.9 Å². The molecule has 134 valence electrons. The molecule has 0 atom stereocenters. The van der Waals surface area contributed by atoms with Crippen molar-refractivity contribution in [3.63, 3.8) is 0 Å². The normalized spacial score (nSPS) is 15.3. The van der Waals surface area contributed by atoms with E-state index in [0.717, 1.165) is 12.1 Å². The zero-order chi connectivity index (χ0) is 18.5. The summed E-state index contributed by atoms with van der Waals surface area (Å²) in [5.41, 5.74) is -0.00238. The van der Waals surface area contributed by atoms with Crippen LogP contribution in [0.5, 0.6) is 0 Å². The van der Waals surface area contributed by atoms with Gasteiger partial charge in [-0.2, -0.15) is 13.2 Å². The number of aliphatic hydroxyl groups excluding tert-OH is 1. The average Bonchev–Trinajstić information content (AvgIpc) is 2.58. The molecule has 1 N–H and O–H groups in total. The smallest absolute Gasteiger partial charge is 0.389 e. The lowest BCUT2D eigenvalue weighted by Crippen LogP contribution is -2.51. The van der Waals surface area contributed by atoms with E-state index in [9.17, 15) is 23.1 Å². The number of hydrogen-bond acceptors (Lipinski definition) is 3. The number of alkyl halides is 3. The summed E-state index contributed by atoms with van der Waals surface area (Å²) in [7, 11) is 0. The molecule has 1 aliphatic heterocycles.